The van der Waals surface area contributed by atoms with E-state index in [0.717, 1.165) is 23.1 Å². The Bertz CT molecular complexity index is 1240. The molecule has 0 bridgehead atoms. The van der Waals surface area contributed by atoms with Gasteiger partial charge in [0.1, 0.15) is 6.33 Å². The van der Waals surface area contributed by atoms with Gasteiger partial charge in [-0.25, -0.2) is 23.9 Å². The second-order valence-corrected chi connectivity index (χ2v) is 9.76. The molecule has 0 radical (unpaired) electrons. The molecule has 0 aliphatic heterocycles. The molecule has 3 aromatic rings. The normalized spacial score (nSPS) is 13.4. The van der Waals surface area contributed by atoms with Crippen LogP contribution in [0.4, 0.5) is 0 Å². The highest BCUT2D eigenvalue weighted by Gasteiger charge is 2.43. The van der Waals surface area contributed by atoms with Gasteiger partial charge in [0, 0.05) is 36.8 Å². The van der Waals surface area contributed by atoms with Gasteiger partial charge in [0.05, 0.1) is 5.69 Å². The van der Waals surface area contributed by atoms with Gasteiger partial charge >= 0.3 is 0 Å². The summed E-state index contributed by atoms with van der Waals surface area (Å²) in [6.45, 7) is 1.20. The lowest BCUT2D eigenvalue weighted by atomic mass is 10.0. The van der Waals surface area contributed by atoms with Crippen molar-refractivity contribution in [2.45, 2.75) is 24.6 Å². The number of pyridine rings is 1. The first kappa shape index (κ1) is 22.3. The first-order valence-electron chi connectivity index (χ1n) is 9.37. The van der Waals surface area contributed by atoms with Crippen molar-refractivity contribution in [1.29, 1.82) is 0 Å². The minimum Gasteiger partial charge on any atom is -0.315 e. The summed E-state index contributed by atoms with van der Waals surface area (Å²) in [5.41, 5.74) is 4.31. The van der Waals surface area contributed by atoms with Crippen LogP contribution in [0.3, 0.4) is 0 Å². The smallest absolute Gasteiger partial charge is 0.264 e. The monoisotopic (exact) mass is 442 g/mol. The number of amides is 1. The lowest BCUT2D eigenvalue weighted by Gasteiger charge is -2.25. The van der Waals surface area contributed by atoms with E-state index in [1.54, 1.807) is 24.5 Å². The average Bonchev–Trinajstić information content (AvgIpc) is 2.77. The van der Waals surface area contributed by atoms with E-state index >= 15 is 0 Å². The second-order valence-electron chi connectivity index (χ2n) is 7.31. The van der Waals surface area contributed by atoms with Crippen molar-refractivity contribution in [3.05, 3.63) is 71.5 Å². The maximum Gasteiger partial charge on any atom is 0.264 e. The predicted molar refractivity (Wildman–Crippen MR) is 115 cm³/mol. The van der Waals surface area contributed by atoms with E-state index in [4.69, 9.17) is 5.21 Å². The van der Waals surface area contributed by atoms with Crippen molar-refractivity contribution in [3.8, 4) is 22.4 Å². The molecule has 9 nitrogen and oxygen atoms in total. The van der Waals surface area contributed by atoms with Gasteiger partial charge in [-0.15, -0.1) is 0 Å². The van der Waals surface area contributed by atoms with E-state index in [1.165, 1.54) is 29.4 Å². The highest BCUT2D eigenvalue weighted by Crippen LogP contribution is 2.24. The summed E-state index contributed by atoms with van der Waals surface area (Å²) in [6, 6.07) is 12.5. The van der Waals surface area contributed by atoms with E-state index in [1.807, 2.05) is 24.3 Å². The van der Waals surface area contributed by atoms with Gasteiger partial charge < -0.3 is 4.57 Å². The van der Waals surface area contributed by atoms with Crippen molar-refractivity contribution in [3.63, 3.8) is 0 Å². The molecule has 1 amide bonds. The van der Waals surface area contributed by atoms with Crippen LogP contribution in [0, 0.1) is 0 Å². The molecule has 31 heavy (non-hydrogen) atoms. The third-order valence-corrected chi connectivity index (χ3v) is 7.35. The van der Waals surface area contributed by atoms with E-state index in [-0.39, 0.29) is 18.5 Å². The zero-order valence-electron chi connectivity index (χ0n) is 17.0. The molecule has 162 valence electrons. The SMILES string of the molecule is C[C@@](CCn1ccc(-c2ccc(-c3ccncn3)cc2)cc1=O)(C(=O)NO)S(C)(=O)=O. The lowest BCUT2D eigenvalue weighted by molar-refractivity contribution is -0.131. The topological polar surface area (TPSA) is 131 Å². The Morgan fingerprint density at radius 2 is 1.81 bits per heavy atom. The molecule has 0 aliphatic rings. The molecular weight excluding hydrogens is 420 g/mol. The highest BCUT2D eigenvalue weighted by atomic mass is 32.2. The standard InChI is InChI=1S/C21H22N4O5S/c1-21(20(27)24-28,31(2,29)30)9-12-25-11-8-17(13-19(25)26)15-3-5-16(6-4-15)18-7-10-22-14-23-18/h3-8,10-11,13-14,28H,9,12H2,1-2H3,(H,24,27)/t21-/m1/s1. The summed E-state index contributed by atoms with van der Waals surface area (Å²) in [5, 5.41) is 8.90. The number of hydroxylamine groups is 1. The summed E-state index contributed by atoms with van der Waals surface area (Å²) < 4.78 is 23.6. The van der Waals surface area contributed by atoms with Crippen LogP contribution in [0.1, 0.15) is 13.3 Å². The van der Waals surface area contributed by atoms with Gasteiger partial charge in [-0.2, -0.15) is 0 Å². The molecular formula is C21H22N4O5S. The van der Waals surface area contributed by atoms with Gasteiger partial charge in [0.2, 0.25) is 0 Å². The number of aromatic nitrogens is 3. The van der Waals surface area contributed by atoms with E-state index < -0.39 is 20.5 Å². The second kappa shape index (κ2) is 8.78. The van der Waals surface area contributed by atoms with Gasteiger partial charge in [0.15, 0.2) is 14.6 Å². The fourth-order valence-corrected chi connectivity index (χ4v) is 3.93. The predicted octanol–water partition coefficient (Wildman–Crippen LogP) is 1.67. The summed E-state index contributed by atoms with van der Waals surface area (Å²) >= 11 is 0. The summed E-state index contributed by atoms with van der Waals surface area (Å²) in [7, 11) is -3.83. The van der Waals surface area contributed by atoms with Crippen molar-refractivity contribution in [1.82, 2.24) is 20.0 Å². The summed E-state index contributed by atoms with van der Waals surface area (Å²) in [5.74, 6) is -1.04. The number of nitrogens with zero attached hydrogens (tertiary/aromatic N) is 3. The molecule has 0 spiro atoms. The molecule has 2 aromatic heterocycles. The van der Waals surface area contributed by atoms with Crippen LogP contribution in [0.15, 0.2) is 66.0 Å². The Balaban J connectivity index is 1.80. The molecule has 0 aliphatic carbocycles. The fourth-order valence-electron chi connectivity index (χ4n) is 3.09. The fraction of sp³-hybridized carbons (Fsp3) is 0.238. The third-order valence-electron chi connectivity index (χ3n) is 5.32. The number of aryl methyl sites for hydroxylation is 1. The quantitative estimate of drug-likeness (QED) is 0.420. The minimum atomic E-state index is -3.83. The van der Waals surface area contributed by atoms with Crippen molar-refractivity contribution in [2.75, 3.05) is 6.26 Å². The van der Waals surface area contributed by atoms with Gasteiger partial charge in [0.25, 0.3) is 11.5 Å². The maximum absolute atomic E-state index is 12.6. The van der Waals surface area contributed by atoms with E-state index in [2.05, 4.69) is 9.97 Å². The van der Waals surface area contributed by atoms with Crippen molar-refractivity contribution in [2.24, 2.45) is 0 Å². The Hall–Kier alpha value is -3.37. The average molecular weight is 442 g/mol. The molecule has 3 rings (SSSR count). The molecule has 1 atom stereocenters. The zero-order valence-corrected chi connectivity index (χ0v) is 17.8. The van der Waals surface area contributed by atoms with E-state index in [0.29, 0.717) is 5.56 Å². The van der Waals surface area contributed by atoms with Crippen molar-refractivity contribution < 1.29 is 18.4 Å². The van der Waals surface area contributed by atoms with Crippen molar-refractivity contribution >= 4 is 15.7 Å². The number of benzene rings is 1. The van der Waals surface area contributed by atoms with Gasteiger partial charge in [-0.1, -0.05) is 24.3 Å². The minimum absolute atomic E-state index is 0.0112. The molecule has 2 N–H and O–H groups in total. The largest absolute Gasteiger partial charge is 0.315 e. The Morgan fingerprint density at radius 3 is 2.35 bits per heavy atom. The highest BCUT2D eigenvalue weighted by molar-refractivity contribution is 7.92. The Morgan fingerprint density at radius 1 is 1.13 bits per heavy atom. The lowest BCUT2D eigenvalue weighted by Crippen LogP contribution is -2.49. The molecule has 10 heteroatoms. The molecule has 0 unspecified atom stereocenters. The molecule has 2 heterocycles. The van der Waals surface area contributed by atoms with Crippen LogP contribution >= 0.6 is 0 Å². The summed E-state index contributed by atoms with van der Waals surface area (Å²) in [4.78, 5) is 32.6. The number of carbonyl (C=O) groups is 1. The first-order valence-corrected chi connectivity index (χ1v) is 11.3. The number of hydrogen-bond donors (Lipinski definition) is 2. The van der Waals surface area contributed by atoms with Gasteiger partial charge in [-0.05, 0) is 36.6 Å². The zero-order chi connectivity index (χ0) is 22.6. The van der Waals surface area contributed by atoms with E-state index in [9.17, 15) is 18.0 Å². The Labute approximate surface area is 179 Å². The number of sulfone groups is 1. The third kappa shape index (κ3) is 4.70. The van der Waals surface area contributed by atoms with Crippen LogP contribution in [-0.4, -0.2) is 45.1 Å². The molecule has 0 saturated carbocycles. The van der Waals surface area contributed by atoms with Crippen LogP contribution < -0.4 is 11.0 Å². The van der Waals surface area contributed by atoms with Crippen LogP contribution in [0.2, 0.25) is 0 Å². The number of rotatable bonds is 7. The number of hydrogen-bond acceptors (Lipinski definition) is 7. The number of nitrogens with one attached hydrogen (secondary N) is 1. The van der Waals surface area contributed by atoms with Crippen LogP contribution in [0.25, 0.3) is 22.4 Å². The first-order chi connectivity index (χ1) is 14.7. The Kier molecular flexibility index (Phi) is 6.32. The maximum atomic E-state index is 12.6. The van der Waals surface area contributed by atoms with Gasteiger partial charge in [-0.3, -0.25) is 14.8 Å². The molecule has 0 saturated heterocycles. The molecule has 1 aromatic carbocycles. The molecule has 0 fully saturated rings. The number of carbonyl (C=O) groups excluding carboxylic acids is 1. The van der Waals surface area contributed by atoms with Crippen LogP contribution in [-0.2, 0) is 21.2 Å². The van der Waals surface area contributed by atoms with Crippen LogP contribution in [0.5, 0.6) is 0 Å². The summed E-state index contributed by atoms with van der Waals surface area (Å²) in [6.07, 6.45) is 5.43.